The van der Waals surface area contributed by atoms with Crippen LogP contribution in [0.25, 0.3) is 0 Å². The summed E-state index contributed by atoms with van der Waals surface area (Å²) in [6.45, 7) is 13.6. The highest BCUT2D eigenvalue weighted by Crippen LogP contribution is 2.30. The number of rotatable bonds is 5. The molecule has 0 bridgehead atoms. The highest BCUT2D eigenvalue weighted by Gasteiger charge is 2.23. The summed E-state index contributed by atoms with van der Waals surface area (Å²) in [5.74, 6) is 0. The van der Waals surface area contributed by atoms with Gasteiger partial charge in [0.2, 0.25) is 0 Å². The number of hydrogen-bond donors (Lipinski definition) is 1. The zero-order valence-corrected chi connectivity index (χ0v) is 14.1. The van der Waals surface area contributed by atoms with Gasteiger partial charge in [-0.15, -0.1) is 0 Å². The van der Waals surface area contributed by atoms with Gasteiger partial charge in [-0.2, -0.15) is 11.8 Å². The molecule has 0 aliphatic carbocycles. The Morgan fingerprint density at radius 2 is 1.95 bits per heavy atom. The molecule has 1 aliphatic heterocycles. The Bertz CT molecular complexity index is 423. The summed E-state index contributed by atoms with van der Waals surface area (Å²) in [6, 6.07) is 6.94. The molecule has 1 aromatic rings. The summed E-state index contributed by atoms with van der Waals surface area (Å²) >= 11 is 2.11. The maximum absolute atomic E-state index is 3.47. The SMILES string of the molecule is CCCNCc1ccc(N2CC(C)SC(C)C2)c(C)c1. The summed E-state index contributed by atoms with van der Waals surface area (Å²) in [6.07, 6.45) is 1.19. The average molecular weight is 292 g/mol. The number of anilines is 1. The summed E-state index contributed by atoms with van der Waals surface area (Å²) in [5.41, 5.74) is 4.22. The molecule has 2 rings (SSSR count). The lowest BCUT2D eigenvalue weighted by Crippen LogP contribution is -2.40. The number of hydrogen-bond acceptors (Lipinski definition) is 3. The molecule has 0 amide bonds. The molecule has 0 radical (unpaired) electrons. The van der Waals surface area contributed by atoms with Crippen molar-refractivity contribution in [3.63, 3.8) is 0 Å². The van der Waals surface area contributed by atoms with Crippen molar-refractivity contribution in [2.75, 3.05) is 24.5 Å². The number of nitrogens with zero attached hydrogens (tertiary/aromatic N) is 1. The molecule has 20 heavy (non-hydrogen) atoms. The first-order chi connectivity index (χ1) is 9.60. The van der Waals surface area contributed by atoms with E-state index < -0.39 is 0 Å². The van der Waals surface area contributed by atoms with Crippen molar-refractivity contribution in [2.24, 2.45) is 0 Å². The first kappa shape index (κ1) is 15.7. The molecular weight excluding hydrogens is 264 g/mol. The van der Waals surface area contributed by atoms with Gasteiger partial charge in [0.15, 0.2) is 0 Å². The van der Waals surface area contributed by atoms with Crippen molar-refractivity contribution in [2.45, 2.75) is 51.2 Å². The van der Waals surface area contributed by atoms with Gasteiger partial charge in [0.1, 0.15) is 0 Å². The van der Waals surface area contributed by atoms with Gasteiger partial charge in [-0.25, -0.2) is 0 Å². The predicted molar refractivity (Wildman–Crippen MR) is 91.9 cm³/mol. The summed E-state index contributed by atoms with van der Waals surface area (Å²) in [7, 11) is 0. The van der Waals surface area contributed by atoms with Crippen molar-refractivity contribution >= 4 is 17.4 Å². The Kier molecular flexibility index (Phi) is 5.79. The van der Waals surface area contributed by atoms with Crippen LogP contribution >= 0.6 is 11.8 Å². The van der Waals surface area contributed by atoms with Gasteiger partial charge < -0.3 is 10.2 Å². The van der Waals surface area contributed by atoms with Crippen molar-refractivity contribution in [1.82, 2.24) is 5.32 Å². The molecule has 2 nitrogen and oxygen atoms in total. The van der Waals surface area contributed by atoms with Crippen molar-refractivity contribution in [1.29, 1.82) is 0 Å². The van der Waals surface area contributed by atoms with E-state index in [1.54, 1.807) is 0 Å². The van der Waals surface area contributed by atoms with Crippen LogP contribution in [-0.2, 0) is 6.54 Å². The molecule has 1 aliphatic rings. The van der Waals surface area contributed by atoms with Crippen LogP contribution in [0.1, 0.15) is 38.3 Å². The van der Waals surface area contributed by atoms with Crippen LogP contribution in [0.2, 0.25) is 0 Å². The lowest BCUT2D eigenvalue weighted by Gasteiger charge is -2.37. The Morgan fingerprint density at radius 3 is 2.55 bits per heavy atom. The fourth-order valence-electron chi connectivity index (χ4n) is 2.97. The fraction of sp³-hybridized carbons (Fsp3) is 0.647. The smallest absolute Gasteiger partial charge is 0.0396 e. The topological polar surface area (TPSA) is 15.3 Å². The molecule has 112 valence electrons. The van der Waals surface area contributed by atoms with Crippen LogP contribution in [0.4, 0.5) is 5.69 Å². The van der Waals surface area contributed by atoms with E-state index in [9.17, 15) is 0 Å². The normalized spacial score (nSPS) is 23.1. The second-order valence-electron chi connectivity index (χ2n) is 5.96. The van der Waals surface area contributed by atoms with Gasteiger partial charge in [0.25, 0.3) is 0 Å². The van der Waals surface area contributed by atoms with E-state index >= 15 is 0 Å². The molecule has 1 fully saturated rings. The first-order valence-corrected chi connectivity index (χ1v) is 8.75. The van der Waals surface area contributed by atoms with E-state index in [2.05, 4.69) is 67.9 Å². The van der Waals surface area contributed by atoms with Gasteiger partial charge in [-0.3, -0.25) is 0 Å². The lowest BCUT2D eigenvalue weighted by molar-refractivity contribution is 0.674. The third-order valence-corrected chi connectivity index (χ3v) is 5.00. The minimum absolute atomic E-state index is 0.726. The highest BCUT2D eigenvalue weighted by molar-refractivity contribution is 8.00. The van der Waals surface area contributed by atoms with Crippen LogP contribution in [0.5, 0.6) is 0 Å². The number of aryl methyl sites for hydroxylation is 1. The van der Waals surface area contributed by atoms with E-state index in [0.29, 0.717) is 0 Å². The van der Waals surface area contributed by atoms with E-state index in [4.69, 9.17) is 0 Å². The fourth-order valence-corrected chi connectivity index (χ4v) is 4.29. The van der Waals surface area contributed by atoms with E-state index in [1.807, 2.05) is 0 Å². The number of nitrogens with one attached hydrogen (secondary N) is 1. The highest BCUT2D eigenvalue weighted by atomic mass is 32.2. The third kappa shape index (κ3) is 4.16. The first-order valence-electron chi connectivity index (χ1n) is 7.80. The van der Waals surface area contributed by atoms with E-state index in [0.717, 1.165) is 23.6 Å². The second-order valence-corrected chi connectivity index (χ2v) is 7.84. The molecule has 0 aromatic heterocycles. The summed E-state index contributed by atoms with van der Waals surface area (Å²) < 4.78 is 0. The Balaban J connectivity index is 2.05. The van der Waals surface area contributed by atoms with E-state index in [1.165, 1.54) is 36.3 Å². The number of thioether (sulfide) groups is 1. The average Bonchev–Trinajstić information content (AvgIpc) is 2.38. The maximum Gasteiger partial charge on any atom is 0.0396 e. The number of benzene rings is 1. The van der Waals surface area contributed by atoms with Gasteiger partial charge >= 0.3 is 0 Å². The molecule has 1 saturated heterocycles. The minimum Gasteiger partial charge on any atom is -0.369 e. The zero-order valence-electron chi connectivity index (χ0n) is 13.3. The second kappa shape index (κ2) is 7.37. The van der Waals surface area contributed by atoms with Crippen LogP contribution in [0.15, 0.2) is 18.2 Å². The molecule has 1 heterocycles. The van der Waals surface area contributed by atoms with Crippen LogP contribution in [0, 0.1) is 6.92 Å². The van der Waals surface area contributed by atoms with Crippen LogP contribution < -0.4 is 10.2 Å². The zero-order chi connectivity index (χ0) is 14.5. The quantitative estimate of drug-likeness (QED) is 0.831. The van der Waals surface area contributed by atoms with Crippen LogP contribution in [0.3, 0.4) is 0 Å². The molecule has 1 aromatic carbocycles. The predicted octanol–water partition coefficient (Wildman–Crippen LogP) is 3.82. The van der Waals surface area contributed by atoms with Gasteiger partial charge in [-0.1, -0.05) is 32.9 Å². The molecule has 3 heteroatoms. The van der Waals surface area contributed by atoms with Gasteiger partial charge in [0.05, 0.1) is 0 Å². The summed E-state index contributed by atoms with van der Waals surface area (Å²) in [5, 5.41) is 4.93. The van der Waals surface area contributed by atoms with Crippen LogP contribution in [-0.4, -0.2) is 30.1 Å². The Hall–Kier alpha value is -0.670. The van der Waals surface area contributed by atoms with Crippen molar-refractivity contribution < 1.29 is 0 Å². The molecule has 0 saturated carbocycles. The minimum atomic E-state index is 0.726. The molecule has 2 unspecified atom stereocenters. The maximum atomic E-state index is 3.47. The molecular formula is C17H28N2S. The van der Waals surface area contributed by atoms with E-state index in [-0.39, 0.29) is 0 Å². The Morgan fingerprint density at radius 1 is 1.25 bits per heavy atom. The monoisotopic (exact) mass is 292 g/mol. The summed E-state index contributed by atoms with van der Waals surface area (Å²) in [4.78, 5) is 2.56. The lowest BCUT2D eigenvalue weighted by atomic mass is 10.1. The van der Waals surface area contributed by atoms with Crippen molar-refractivity contribution in [3.8, 4) is 0 Å². The molecule has 0 spiro atoms. The van der Waals surface area contributed by atoms with Crippen molar-refractivity contribution in [3.05, 3.63) is 29.3 Å². The van der Waals surface area contributed by atoms with Gasteiger partial charge in [-0.05, 0) is 37.1 Å². The van der Waals surface area contributed by atoms with Gasteiger partial charge in [0, 0.05) is 35.8 Å². The molecule has 2 atom stereocenters. The third-order valence-electron chi connectivity index (χ3n) is 3.78. The molecule has 1 N–H and O–H groups in total. The largest absolute Gasteiger partial charge is 0.369 e. The Labute approximate surface area is 128 Å². The standard InChI is InChI=1S/C17H28N2S/c1-5-8-18-10-16-6-7-17(13(2)9-16)19-11-14(3)20-15(4)12-19/h6-7,9,14-15,18H,5,8,10-12H2,1-4H3.